The number of aromatic nitrogens is 3. The van der Waals surface area contributed by atoms with Crippen molar-refractivity contribution < 1.29 is 4.52 Å². The highest BCUT2D eigenvalue weighted by Gasteiger charge is 2.14. The van der Waals surface area contributed by atoms with E-state index in [0.717, 1.165) is 35.4 Å². The second kappa shape index (κ2) is 7.03. The monoisotopic (exact) mass is 350 g/mol. The van der Waals surface area contributed by atoms with Crippen LogP contribution in [0, 0.1) is 0 Å². The molecule has 0 fully saturated rings. The molecular weight excluding hydrogens is 332 g/mol. The molecule has 6 heteroatoms. The third-order valence-electron chi connectivity index (χ3n) is 4.00. The Bertz CT molecular complexity index is 964. The van der Waals surface area contributed by atoms with Crippen molar-refractivity contribution in [1.82, 2.24) is 15.1 Å². The fraction of sp³-hybridized carbons (Fsp3) is 0.211. The SMILES string of the molecule is CCc1cc2c(NCCc3ccccc3)nc(-c3ccno3)nc2s1. The quantitative estimate of drug-likeness (QED) is 0.552. The summed E-state index contributed by atoms with van der Waals surface area (Å²) in [5.41, 5.74) is 1.30. The molecular formula is C19H18N4OS. The van der Waals surface area contributed by atoms with Crippen LogP contribution in [0.3, 0.4) is 0 Å². The van der Waals surface area contributed by atoms with E-state index in [1.165, 1.54) is 10.4 Å². The molecule has 0 saturated carbocycles. The predicted molar refractivity (Wildman–Crippen MR) is 101 cm³/mol. The molecule has 0 aliphatic carbocycles. The van der Waals surface area contributed by atoms with Crippen LogP contribution in [0.2, 0.25) is 0 Å². The number of rotatable bonds is 6. The first-order chi connectivity index (χ1) is 12.3. The average Bonchev–Trinajstić information content (AvgIpc) is 3.32. The first-order valence-corrected chi connectivity index (χ1v) is 9.14. The van der Waals surface area contributed by atoms with Gasteiger partial charge in [0, 0.05) is 17.5 Å². The van der Waals surface area contributed by atoms with Gasteiger partial charge in [0.2, 0.25) is 11.6 Å². The molecule has 0 unspecified atom stereocenters. The molecule has 5 nitrogen and oxygen atoms in total. The van der Waals surface area contributed by atoms with Crippen LogP contribution < -0.4 is 5.32 Å². The number of hydrogen-bond donors (Lipinski definition) is 1. The van der Waals surface area contributed by atoms with Gasteiger partial charge in [-0.25, -0.2) is 9.97 Å². The van der Waals surface area contributed by atoms with Gasteiger partial charge in [0.1, 0.15) is 10.6 Å². The lowest BCUT2D eigenvalue weighted by Crippen LogP contribution is -2.07. The highest BCUT2D eigenvalue weighted by atomic mass is 32.1. The van der Waals surface area contributed by atoms with Gasteiger partial charge in [-0.1, -0.05) is 42.4 Å². The maximum atomic E-state index is 5.23. The summed E-state index contributed by atoms with van der Waals surface area (Å²) in [4.78, 5) is 11.6. The summed E-state index contributed by atoms with van der Waals surface area (Å²) in [6, 6.07) is 14.4. The fourth-order valence-corrected chi connectivity index (χ4v) is 3.66. The maximum absolute atomic E-state index is 5.23. The molecule has 0 atom stereocenters. The van der Waals surface area contributed by atoms with E-state index >= 15 is 0 Å². The van der Waals surface area contributed by atoms with Crippen molar-refractivity contribution in [2.75, 3.05) is 11.9 Å². The summed E-state index contributed by atoms with van der Waals surface area (Å²) < 4.78 is 5.23. The van der Waals surface area contributed by atoms with E-state index in [1.807, 2.05) is 6.07 Å². The number of thiophene rings is 1. The van der Waals surface area contributed by atoms with Gasteiger partial charge in [-0.15, -0.1) is 11.3 Å². The van der Waals surface area contributed by atoms with E-state index in [4.69, 9.17) is 4.52 Å². The minimum absolute atomic E-state index is 0.566. The molecule has 4 aromatic rings. The van der Waals surface area contributed by atoms with Gasteiger partial charge in [0.25, 0.3) is 0 Å². The maximum Gasteiger partial charge on any atom is 0.204 e. The van der Waals surface area contributed by atoms with Crippen molar-refractivity contribution in [1.29, 1.82) is 0 Å². The van der Waals surface area contributed by atoms with Gasteiger partial charge in [-0.3, -0.25) is 0 Å². The Hall–Kier alpha value is -2.73. The lowest BCUT2D eigenvalue weighted by molar-refractivity contribution is 0.430. The second-order valence-electron chi connectivity index (χ2n) is 5.72. The minimum atomic E-state index is 0.566. The van der Waals surface area contributed by atoms with Crippen LogP contribution in [0.5, 0.6) is 0 Å². The smallest absolute Gasteiger partial charge is 0.204 e. The predicted octanol–water partition coefficient (Wildman–Crippen LogP) is 4.56. The highest BCUT2D eigenvalue weighted by molar-refractivity contribution is 7.18. The summed E-state index contributed by atoms with van der Waals surface area (Å²) in [5.74, 6) is 2.00. The molecule has 0 aliphatic heterocycles. The second-order valence-corrected chi connectivity index (χ2v) is 6.84. The van der Waals surface area contributed by atoms with Gasteiger partial charge >= 0.3 is 0 Å². The number of nitrogens with one attached hydrogen (secondary N) is 1. The van der Waals surface area contributed by atoms with E-state index in [9.17, 15) is 0 Å². The minimum Gasteiger partial charge on any atom is -0.369 e. The molecule has 3 heterocycles. The van der Waals surface area contributed by atoms with Gasteiger partial charge in [-0.2, -0.15) is 0 Å². The third kappa shape index (κ3) is 3.39. The first-order valence-electron chi connectivity index (χ1n) is 8.33. The number of aryl methyl sites for hydroxylation is 1. The Morgan fingerprint density at radius 3 is 2.76 bits per heavy atom. The lowest BCUT2D eigenvalue weighted by Gasteiger charge is -2.08. The zero-order chi connectivity index (χ0) is 17.1. The van der Waals surface area contributed by atoms with Gasteiger partial charge in [0.15, 0.2) is 0 Å². The Kier molecular flexibility index (Phi) is 4.43. The number of hydrogen-bond acceptors (Lipinski definition) is 6. The summed E-state index contributed by atoms with van der Waals surface area (Å²) in [6.45, 7) is 2.96. The van der Waals surface area contributed by atoms with Crippen LogP contribution >= 0.6 is 11.3 Å². The number of fused-ring (bicyclic) bond motifs is 1. The molecule has 1 aromatic carbocycles. The zero-order valence-corrected chi connectivity index (χ0v) is 14.7. The van der Waals surface area contributed by atoms with Crippen molar-refractivity contribution in [3.05, 3.63) is 59.1 Å². The molecule has 1 N–H and O–H groups in total. The summed E-state index contributed by atoms with van der Waals surface area (Å²) in [7, 11) is 0. The summed E-state index contributed by atoms with van der Waals surface area (Å²) in [6.07, 6.45) is 3.54. The van der Waals surface area contributed by atoms with Crippen LogP contribution in [-0.2, 0) is 12.8 Å². The van der Waals surface area contributed by atoms with Crippen molar-refractivity contribution in [3.8, 4) is 11.6 Å². The highest BCUT2D eigenvalue weighted by Crippen LogP contribution is 2.31. The van der Waals surface area contributed by atoms with Crippen molar-refractivity contribution >= 4 is 27.4 Å². The molecule has 0 spiro atoms. The Morgan fingerprint density at radius 2 is 2.00 bits per heavy atom. The topological polar surface area (TPSA) is 63.8 Å². The van der Waals surface area contributed by atoms with E-state index in [1.54, 1.807) is 23.6 Å². The van der Waals surface area contributed by atoms with Crippen LogP contribution in [0.1, 0.15) is 17.4 Å². The van der Waals surface area contributed by atoms with Crippen LogP contribution in [0.25, 0.3) is 21.8 Å². The Balaban J connectivity index is 1.64. The normalized spacial score (nSPS) is 11.1. The summed E-state index contributed by atoms with van der Waals surface area (Å²) in [5, 5.41) is 8.30. The van der Waals surface area contributed by atoms with Crippen LogP contribution in [0.4, 0.5) is 5.82 Å². The van der Waals surface area contributed by atoms with Crippen LogP contribution in [0.15, 0.2) is 53.2 Å². The van der Waals surface area contributed by atoms with E-state index in [2.05, 4.69) is 57.7 Å². The van der Waals surface area contributed by atoms with E-state index in [0.29, 0.717) is 11.6 Å². The molecule has 0 radical (unpaired) electrons. The number of benzene rings is 1. The fourth-order valence-electron chi connectivity index (χ4n) is 2.69. The Labute approximate surface area is 149 Å². The number of anilines is 1. The summed E-state index contributed by atoms with van der Waals surface area (Å²) >= 11 is 1.70. The standard InChI is InChI=1S/C19H18N4OS/c1-2-14-12-15-17(20-10-8-13-6-4-3-5-7-13)22-18(23-19(15)25-14)16-9-11-21-24-16/h3-7,9,11-12H,2,8,10H2,1H3,(H,20,22,23). The molecule has 0 saturated heterocycles. The largest absolute Gasteiger partial charge is 0.369 e. The first kappa shape index (κ1) is 15.8. The van der Waals surface area contributed by atoms with Crippen molar-refractivity contribution in [3.63, 3.8) is 0 Å². The average molecular weight is 350 g/mol. The van der Waals surface area contributed by atoms with Gasteiger partial charge < -0.3 is 9.84 Å². The molecule has 0 bridgehead atoms. The molecule has 25 heavy (non-hydrogen) atoms. The number of nitrogens with zero attached hydrogens (tertiary/aromatic N) is 3. The lowest BCUT2D eigenvalue weighted by atomic mass is 10.1. The Morgan fingerprint density at radius 1 is 1.12 bits per heavy atom. The van der Waals surface area contributed by atoms with Crippen LogP contribution in [-0.4, -0.2) is 21.7 Å². The van der Waals surface area contributed by atoms with Crippen molar-refractivity contribution in [2.45, 2.75) is 19.8 Å². The molecule has 126 valence electrons. The van der Waals surface area contributed by atoms with Gasteiger partial charge in [0.05, 0.1) is 11.6 Å². The molecule has 4 rings (SSSR count). The van der Waals surface area contributed by atoms with Gasteiger partial charge in [-0.05, 0) is 24.5 Å². The molecule has 0 amide bonds. The van der Waals surface area contributed by atoms with Crippen molar-refractivity contribution in [2.24, 2.45) is 0 Å². The molecule has 3 aromatic heterocycles. The third-order valence-corrected chi connectivity index (χ3v) is 5.17. The molecule has 0 aliphatic rings. The van der Waals surface area contributed by atoms with E-state index < -0.39 is 0 Å². The van der Waals surface area contributed by atoms with E-state index in [-0.39, 0.29) is 0 Å². The zero-order valence-electron chi connectivity index (χ0n) is 13.9.